The van der Waals surface area contributed by atoms with Crippen molar-refractivity contribution in [1.82, 2.24) is 14.7 Å². The van der Waals surface area contributed by atoms with Crippen molar-refractivity contribution in [3.8, 4) is 0 Å². The van der Waals surface area contributed by atoms with Gasteiger partial charge in [0.05, 0.1) is 12.4 Å². The third-order valence-corrected chi connectivity index (χ3v) is 5.52. The van der Waals surface area contributed by atoms with E-state index in [1.807, 2.05) is 20.8 Å². The van der Waals surface area contributed by atoms with Gasteiger partial charge in [0, 0.05) is 44.8 Å². The fourth-order valence-corrected chi connectivity index (χ4v) is 4.13. The lowest BCUT2D eigenvalue weighted by Crippen LogP contribution is -2.69. The second-order valence-electron chi connectivity index (χ2n) is 8.86. The zero-order valence-electron chi connectivity index (χ0n) is 17.2. The first-order valence-electron chi connectivity index (χ1n) is 9.93. The lowest BCUT2D eigenvalue weighted by atomic mass is 9.99. The molecule has 8 heteroatoms. The lowest BCUT2D eigenvalue weighted by Gasteiger charge is -2.52. The van der Waals surface area contributed by atoms with E-state index in [2.05, 4.69) is 9.80 Å². The minimum absolute atomic E-state index is 0.00891. The smallest absolute Gasteiger partial charge is 0.410 e. The number of rotatable bonds is 5. The Labute approximate surface area is 176 Å². The molecule has 2 bridgehead atoms. The van der Waals surface area contributed by atoms with Crippen LogP contribution in [-0.4, -0.2) is 82.9 Å². The van der Waals surface area contributed by atoms with E-state index in [1.165, 1.54) is 12.1 Å². The molecule has 6 nitrogen and oxygen atoms in total. The van der Waals surface area contributed by atoms with Crippen LogP contribution in [0.4, 0.5) is 9.18 Å². The summed E-state index contributed by atoms with van der Waals surface area (Å²) in [7, 11) is 0. The Bertz CT molecular complexity index is 722. The van der Waals surface area contributed by atoms with Crippen LogP contribution < -0.4 is 0 Å². The zero-order valence-corrected chi connectivity index (χ0v) is 18.0. The molecule has 0 radical (unpaired) electrons. The van der Waals surface area contributed by atoms with E-state index < -0.39 is 5.60 Å². The minimum Gasteiger partial charge on any atom is -0.444 e. The standard InChI is InChI=1S/C21H29ClFN3O3/c1-21(2,3)29-20(28)25-12-17-10-24(9-15-4-6-16(23)7-5-15)11-18(13-25)26(17)14-19(27)8-22/h4-7,17-18H,8-14H2,1-3H3. The summed E-state index contributed by atoms with van der Waals surface area (Å²) in [6.45, 7) is 8.98. The molecule has 2 aliphatic rings. The van der Waals surface area contributed by atoms with Crippen molar-refractivity contribution in [2.24, 2.45) is 0 Å². The Balaban J connectivity index is 1.71. The maximum atomic E-state index is 13.2. The van der Waals surface area contributed by atoms with Gasteiger partial charge in [-0.05, 0) is 38.5 Å². The Morgan fingerprint density at radius 2 is 1.69 bits per heavy atom. The average Bonchev–Trinajstić information content (AvgIpc) is 2.62. The number of ketones is 1. The quantitative estimate of drug-likeness (QED) is 0.679. The van der Waals surface area contributed by atoms with Crippen LogP contribution in [0.5, 0.6) is 0 Å². The number of ether oxygens (including phenoxy) is 1. The molecular formula is C21H29ClFN3O3. The van der Waals surface area contributed by atoms with Crippen LogP contribution in [0, 0.1) is 5.82 Å². The van der Waals surface area contributed by atoms with E-state index in [9.17, 15) is 14.0 Å². The summed E-state index contributed by atoms with van der Waals surface area (Å²) in [6, 6.07) is 6.56. The summed E-state index contributed by atoms with van der Waals surface area (Å²) in [5.74, 6) is -0.271. The molecule has 1 amide bonds. The third-order valence-electron chi connectivity index (χ3n) is 5.22. The van der Waals surface area contributed by atoms with E-state index in [-0.39, 0.29) is 35.7 Å². The van der Waals surface area contributed by atoms with Crippen molar-refractivity contribution >= 4 is 23.5 Å². The van der Waals surface area contributed by atoms with Crippen molar-refractivity contribution in [2.45, 2.75) is 45.0 Å². The van der Waals surface area contributed by atoms with Gasteiger partial charge in [-0.2, -0.15) is 0 Å². The summed E-state index contributed by atoms with van der Waals surface area (Å²) < 4.78 is 18.7. The van der Waals surface area contributed by atoms with E-state index in [1.54, 1.807) is 17.0 Å². The molecule has 2 aliphatic heterocycles. The number of carbonyl (C=O) groups is 2. The van der Waals surface area contributed by atoms with Crippen LogP contribution in [0.2, 0.25) is 0 Å². The number of carbonyl (C=O) groups excluding carboxylic acids is 2. The molecular weight excluding hydrogens is 397 g/mol. The number of Topliss-reactive ketones (excluding diaryl/α,β-unsaturated/α-hetero) is 1. The molecule has 1 aromatic carbocycles. The molecule has 0 spiro atoms. The number of hydrogen-bond acceptors (Lipinski definition) is 5. The molecule has 0 aliphatic carbocycles. The Morgan fingerprint density at radius 1 is 1.10 bits per heavy atom. The number of hydrogen-bond donors (Lipinski definition) is 0. The SMILES string of the molecule is CC(C)(C)OC(=O)N1CC2CN(Cc3ccc(F)cc3)CC(C1)N2CC(=O)CCl. The molecule has 2 heterocycles. The molecule has 0 aromatic heterocycles. The third kappa shape index (κ3) is 5.90. The first-order valence-corrected chi connectivity index (χ1v) is 10.5. The first kappa shape index (κ1) is 22.0. The zero-order chi connectivity index (χ0) is 21.2. The highest BCUT2D eigenvalue weighted by Crippen LogP contribution is 2.25. The molecule has 3 rings (SSSR count). The van der Waals surface area contributed by atoms with Gasteiger partial charge in [-0.3, -0.25) is 14.6 Å². The summed E-state index contributed by atoms with van der Waals surface area (Å²) in [6.07, 6.45) is -0.317. The normalized spacial score (nSPS) is 23.1. The molecule has 2 saturated heterocycles. The van der Waals surface area contributed by atoms with Crippen molar-refractivity contribution in [3.05, 3.63) is 35.6 Å². The van der Waals surface area contributed by atoms with Crippen LogP contribution in [0.15, 0.2) is 24.3 Å². The fraction of sp³-hybridized carbons (Fsp3) is 0.619. The van der Waals surface area contributed by atoms with Gasteiger partial charge >= 0.3 is 6.09 Å². The van der Waals surface area contributed by atoms with Gasteiger partial charge < -0.3 is 9.64 Å². The molecule has 0 saturated carbocycles. The van der Waals surface area contributed by atoms with Crippen LogP contribution >= 0.6 is 11.6 Å². The monoisotopic (exact) mass is 425 g/mol. The van der Waals surface area contributed by atoms with Gasteiger partial charge in [-0.25, -0.2) is 9.18 Å². The van der Waals surface area contributed by atoms with Gasteiger partial charge in [-0.15, -0.1) is 11.6 Å². The number of halogens is 2. The van der Waals surface area contributed by atoms with Gasteiger partial charge in [0.1, 0.15) is 11.4 Å². The second kappa shape index (κ2) is 8.98. The van der Waals surface area contributed by atoms with Crippen LogP contribution in [-0.2, 0) is 16.1 Å². The first-order chi connectivity index (χ1) is 13.6. The fourth-order valence-electron chi connectivity index (χ4n) is 4.04. The number of piperazine rings is 2. The largest absolute Gasteiger partial charge is 0.444 e. The number of amides is 1. The van der Waals surface area contributed by atoms with Crippen LogP contribution in [0.1, 0.15) is 26.3 Å². The summed E-state index contributed by atoms with van der Waals surface area (Å²) in [5, 5.41) is 0. The van der Waals surface area contributed by atoms with Gasteiger partial charge in [0.15, 0.2) is 5.78 Å². The molecule has 160 valence electrons. The van der Waals surface area contributed by atoms with Crippen LogP contribution in [0.3, 0.4) is 0 Å². The lowest BCUT2D eigenvalue weighted by molar-refractivity contribution is -0.122. The molecule has 1 aromatic rings. The highest BCUT2D eigenvalue weighted by Gasteiger charge is 2.43. The van der Waals surface area contributed by atoms with Crippen molar-refractivity contribution in [3.63, 3.8) is 0 Å². The average molecular weight is 426 g/mol. The van der Waals surface area contributed by atoms with E-state index in [0.29, 0.717) is 39.3 Å². The summed E-state index contributed by atoms with van der Waals surface area (Å²) >= 11 is 5.73. The van der Waals surface area contributed by atoms with Crippen molar-refractivity contribution < 1.29 is 18.7 Å². The predicted octanol–water partition coefficient (Wildman–Crippen LogP) is 2.74. The Morgan fingerprint density at radius 3 is 2.21 bits per heavy atom. The number of alkyl halides is 1. The maximum Gasteiger partial charge on any atom is 0.410 e. The highest BCUT2D eigenvalue weighted by atomic mass is 35.5. The van der Waals surface area contributed by atoms with E-state index in [0.717, 1.165) is 5.56 Å². The van der Waals surface area contributed by atoms with E-state index in [4.69, 9.17) is 16.3 Å². The summed E-state index contributed by atoms with van der Waals surface area (Å²) in [5.41, 5.74) is 0.491. The number of fused-ring (bicyclic) bond motifs is 2. The van der Waals surface area contributed by atoms with Gasteiger partial charge in [0.25, 0.3) is 0 Å². The molecule has 29 heavy (non-hydrogen) atoms. The Kier molecular flexibility index (Phi) is 6.81. The molecule has 2 unspecified atom stereocenters. The maximum absolute atomic E-state index is 13.2. The summed E-state index contributed by atoms with van der Waals surface area (Å²) in [4.78, 5) is 30.8. The minimum atomic E-state index is -0.549. The number of benzene rings is 1. The highest BCUT2D eigenvalue weighted by molar-refractivity contribution is 6.27. The Hall–Kier alpha value is -1.70. The van der Waals surface area contributed by atoms with Crippen molar-refractivity contribution in [2.75, 3.05) is 38.6 Å². The van der Waals surface area contributed by atoms with Crippen LogP contribution in [0.25, 0.3) is 0 Å². The van der Waals surface area contributed by atoms with Crippen molar-refractivity contribution in [1.29, 1.82) is 0 Å². The van der Waals surface area contributed by atoms with Gasteiger partial charge in [-0.1, -0.05) is 12.1 Å². The predicted molar refractivity (Wildman–Crippen MR) is 109 cm³/mol. The number of nitrogens with zero attached hydrogens (tertiary/aromatic N) is 3. The molecule has 2 fully saturated rings. The topological polar surface area (TPSA) is 53.1 Å². The molecule has 2 atom stereocenters. The molecule has 0 N–H and O–H groups in total. The van der Waals surface area contributed by atoms with E-state index >= 15 is 0 Å². The van der Waals surface area contributed by atoms with Gasteiger partial charge in [0.2, 0.25) is 0 Å². The second-order valence-corrected chi connectivity index (χ2v) is 9.13.